The number of carbonyl (C=O) groups is 2. The van der Waals surface area contributed by atoms with E-state index < -0.39 is 12.1 Å². The Morgan fingerprint density at radius 3 is 2.88 bits per heavy atom. The van der Waals surface area contributed by atoms with Crippen molar-refractivity contribution < 1.29 is 19.4 Å². The fraction of sp³-hybridized carbons (Fsp3) is 0.529. The van der Waals surface area contributed by atoms with Crippen LogP contribution in [-0.4, -0.2) is 41.1 Å². The summed E-state index contributed by atoms with van der Waals surface area (Å²) in [5.74, 6) is -0.318. The highest BCUT2D eigenvalue weighted by atomic mass is 35.5. The van der Waals surface area contributed by atoms with Gasteiger partial charge in [-0.25, -0.2) is 0 Å². The van der Waals surface area contributed by atoms with Crippen LogP contribution < -0.4 is 4.74 Å². The van der Waals surface area contributed by atoms with Crippen molar-refractivity contribution in [2.24, 2.45) is 5.92 Å². The number of carbonyl (C=O) groups excluding carboxylic acids is 1. The molecule has 1 saturated heterocycles. The molecule has 1 aliphatic rings. The summed E-state index contributed by atoms with van der Waals surface area (Å²) in [6, 6.07) is 5.04. The van der Waals surface area contributed by atoms with Crippen LogP contribution in [-0.2, 0) is 9.59 Å². The fourth-order valence-corrected chi connectivity index (χ4v) is 3.24. The summed E-state index contributed by atoms with van der Waals surface area (Å²) < 4.78 is 5.67. The number of amides is 1. The molecule has 1 amide bonds. The summed E-state index contributed by atoms with van der Waals surface area (Å²) in [6.07, 6.45) is 1.87. The zero-order chi connectivity index (χ0) is 17.7. The van der Waals surface area contributed by atoms with Crippen LogP contribution in [0.15, 0.2) is 18.2 Å². The smallest absolute Gasteiger partial charge is 0.303 e. The van der Waals surface area contributed by atoms with Crippen LogP contribution in [0.4, 0.5) is 0 Å². The number of nitrogens with zero attached hydrogens (tertiary/aromatic N) is 1. The number of benzene rings is 1. The lowest BCUT2D eigenvalue weighted by atomic mass is 9.93. The number of hydrogen-bond acceptors (Lipinski definition) is 3. The largest absolute Gasteiger partial charge is 0.481 e. The van der Waals surface area contributed by atoms with Crippen molar-refractivity contribution in [3.05, 3.63) is 28.2 Å². The second kappa shape index (κ2) is 8.58. The van der Waals surface area contributed by atoms with Gasteiger partial charge in [0, 0.05) is 19.5 Å². The van der Waals surface area contributed by atoms with E-state index >= 15 is 0 Å². The molecule has 1 fully saturated rings. The van der Waals surface area contributed by atoms with Gasteiger partial charge < -0.3 is 14.7 Å². The van der Waals surface area contributed by atoms with Gasteiger partial charge in [0.1, 0.15) is 10.8 Å². The average molecular weight is 374 g/mol. The first kappa shape index (κ1) is 18.9. The Bertz CT molecular complexity index is 608. The lowest BCUT2D eigenvalue weighted by Crippen LogP contribution is -2.45. The molecular formula is C17H21Cl2NO4. The molecule has 2 unspecified atom stereocenters. The van der Waals surface area contributed by atoms with E-state index in [1.807, 2.05) is 0 Å². The van der Waals surface area contributed by atoms with Crippen LogP contribution in [0.25, 0.3) is 0 Å². The van der Waals surface area contributed by atoms with Gasteiger partial charge >= 0.3 is 5.97 Å². The maximum Gasteiger partial charge on any atom is 0.303 e. The lowest BCUT2D eigenvalue weighted by Gasteiger charge is -2.34. The second-order valence-corrected chi connectivity index (χ2v) is 6.82. The zero-order valence-electron chi connectivity index (χ0n) is 13.5. The van der Waals surface area contributed by atoms with Gasteiger partial charge in [0.25, 0.3) is 5.91 Å². The van der Waals surface area contributed by atoms with E-state index in [1.54, 1.807) is 30.0 Å². The Kier molecular flexibility index (Phi) is 6.75. The molecule has 1 N–H and O–H groups in total. The third kappa shape index (κ3) is 5.02. The van der Waals surface area contributed by atoms with E-state index in [-0.39, 0.29) is 23.3 Å². The molecule has 132 valence electrons. The van der Waals surface area contributed by atoms with Crippen molar-refractivity contribution in [1.82, 2.24) is 4.90 Å². The highest BCUT2D eigenvalue weighted by Crippen LogP contribution is 2.32. The number of likely N-dealkylation sites (tertiary alicyclic amines) is 1. The van der Waals surface area contributed by atoms with Gasteiger partial charge in [-0.2, -0.15) is 0 Å². The molecule has 1 aromatic carbocycles. The molecule has 2 rings (SSSR count). The third-order valence-corrected chi connectivity index (χ3v) is 4.97. The lowest BCUT2D eigenvalue weighted by molar-refractivity contribution is -0.140. The molecule has 5 nitrogen and oxygen atoms in total. The van der Waals surface area contributed by atoms with Gasteiger partial charge in [-0.05, 0) is 44.2 Å². The number of hydrogen-bond donors (Lipinski definition) is 1. The molecule has 1 aromatic rings. The van der Waals surface area contributed by atoms with E-state index in [2.05, 4.69) is 0 Å². The minimum absolute atomic E-state index is 0.119. The van der Waals surface area contributed by atoms with Crippen molar-refractivity contribution in [1.29, 1.82) is 0 Å². The number of halogens is 2. The van der Waals surface area contributed by atoms with Crippen molar-refractivity contribution in [2.45, 2.75) is 38.7 Å². The SMILES string of the molecule is CC(Oc1cccc(Cl)c1Cl)C(=O)N1CCCC(CCC(=O)O)C1. The van der Waals surface area contributed by atoms with Crippen LogP contribution in [0.1, 0.15) is 32.6 Å². The molecule has 24 heavy (non-hydrogen) atoms. The van der Waals surface area contributed by atoms with Gasteiger partial charge in [0.15, 0.2) is 6.10 Å². The second-order valence-electron chi connectivity index (χ2n) is 6.04. The van der Waals surface area contributed by atoms with Crippen LogP contribution in [0.5, 0.6) is 5.75 Å². The first-order chi connectivity index (χ1) is 11.4. The van der Waals surface area contributed by atoms with Gasteiger partial charge in [-0.3, -0.25) is 9.59 Å². The van der Waals surface area contributed by atoms with Gasteiger partial charge in [0.05, 0.1) is 5.02 Å². The number of aliphatic carboxylic acids is 1. The van der Waals surface area contributed by atoms with E-state index in [1.165, 1.54) is 0 Å². The Morgan fingerprint density at radius 1 is 1.42 bits per heavy atom. The van der Waals surface area contributed by atoms with Crippen LogP contribution in [0.2, 0.25) is 10.0 Å². The topological polar surface area (TPSA) is 66.8 Å². The zero-order valence-corrected chi connectivity index (χ0v) is 15.0. The summed E-state index contributed by atoms with van der Waals surface area (Å²) in [7, 11) is 0. The van der Waals surface area contributed by atoms with E-state index in [4.69, 9.17) is 33.0 Å². The molecule has 0 bridgehead atoms. The summed E-state index contributed by atoms with van der Waals surface area (Å²) in [4.78, 5) is 25.0. The Hall–Kier alpha value is -1.46. The summed E-state index contributed by atoms with van der Waals surface area (Å²) in [5.41, 5.74) is 0. The number of piperidine rings is 1. The van der Waals surface area contributed by atoms with Gasteiger partial charge in [-0.15, -0.1) is 0 Å². The molecule has 7 heteroatoms. The number of ether oxygens (including phenoxy) is 1. The minimum atomic E-state index is -0.800. The Balaban J connectivity index is 1.94. The van der Waals surface area contributed by atoms with Crippen LogP contribution in [0, 0.1) is 5.92 Å². The van der Waals surface area contributed by atoms with Crippen molar-refractivity contribution in [2.75, 3.05) is 13.1 Å². The van der Waals surface area contributed by atoms with Crippen molar-refractivity contribution in [3.63, 3.8) is 0 Å². The summed E-state index contributed by atoms with van der Waals surface area (Å²) in [5, 5.41) is 9.46. The van der Waals surface area contributed by atoms with Crippen molar-refractivity contribution >= 4 is 35.1 Å². The molecule has 0 aromatic heterocycles. The van der Waals surface area contributed by atoms with Crippen LogP contribution in [0.3, 0.4) is 0 Å². The number of carboxylic acids is 1. The molecule has 0 aliphatic carbocycles. The maximum absolute atomic E-state index is 12.6. The first-order valence-corrected chi connectivity index (χ1v) is 8.75. The first-order valence-electron chi connectivity index (χ1n) is 7.99. The van der Waals surface area contributed by atoms with E-state index in [0.717, 1.165) is 12.8 Å². The normalized spacial score (nSPS) is 19.0. The fourth-order valence-electron chi connectivity index (χ4n) is 2.90. The Morgan fingerprint density at radius 2 is 2.17 bits per heavy atom. The summed E-state index contributed by atoms with van der Waals surface area (Å²) in [6.45, 7) is 2.92. The van der Waals surface area contributed by atoms with E-state index in [9.17, 15) is 9.59 Å². The minimum Gasteiger partial charge on any atom is -0.481 e. The number of rotatable bonds is 6. The van der Waals surface area contributed by atoms with Gasteiger partial charge in [-0.1, -0.05) is 29.3 Å². The van der Waals surface area contributed by atoms with Crippen LogP contribution >= 0.6 is 23.2 Å². The molecule has 0 spiro atoms. The molecule has 1 aliphatic heterocycles. The van der Waals surface area contributed by atoms with Gasteiger partial charge in [0.2, 0.25) is 0 Å². The van der Waals surface area contributed by atoms with Crippen molar-refractivity contribution in [3.8, 4) is 5.75 Å². The Labute approximate surface area is 151 Å². The third-order valence-electron chi connectivity index (χ3n) is 4.16. The molecule has 0 radical (unpaired) electrons. The molecule has 2 atom stereocenters. The quantitative estimate of drug-likeness (QED) is 0.821. The average Bonchev–Trinajstić information content (AvgIpc) is 2.56. The highest BCUT2D eigenvalue weighted by Gasteiger charge is 2.28. The molecule has 0 saturated carbocycles. The number of carboxylic acid groups (broad SMARTS) is 1. The monoisotopic (exact) mass is 373 g/mol. The molecular weight excluding hydrogens is 353 g/mol. The predicted octanol–water partition coefficient (Wildman–Crippen LogP) is 3.86. The standard InChI is InChI=1S/C17H21Cl2NO4/c1-11(24-14-6-2-5-13(18)16(14)19)17(23)20-9-3-4-12(10-20)7-8-15(21)22/h2,5-6,11-12H,3-4,7-10H2,1H3,(H,21,22). The van der Waals surface area contributed by atoms with E-state index in [0.29, 0.717) is 30.3 Å². The predicted molar refractivity (Wildman–Crippen MR) is 92.7 cm³/mol. The summed E-state index contributed by atoms with van der Waals surface area (Å²) >= 11 is 12.0. The maximum atomic E-state index is 12.6. The molecule has 1 heterocycles. The highest BCUT2D eigenvalue weighted by molar-refractivity contribution is 6.42.